The minimum Gasteiger partial charge on any atom is -0.444 e. The van der Waals surface area contributed by atoms with Crippen LogP contribution in [-0.2, 0) is 9.53 Å². The van der Waals surface area contributed by atoms with E-state index in [9.17, 15) is 22.8 Å². The first-order valence-corrected chi connectivity index (χ1v) is 7.67. The summed E-state index contributed by atoms with van der Waals surface area (Å²) in [7, 11) is 1.00. The zero-order chi connectivity index (χ0) is 19.4. The number of benzene rings is 1. The van der Waals surface area contributed by atoms with Crippen molar-refractivity contribution >= 4 is 12.4 Å². The number of ether oxygens (including phenoxy) is 1. The second-order valence-electron chi connectivity index (χ2n) is 6.53. The van der Waals surface area contributed by atoms with Crippen LogP contribution in [0.2, 0.25) is 0 Å². The van der Waals surface area contributed by atoms with Crippen LogP contribution in [0.3, 0.4) is 0 Å². The van der Waals surface area contributed by atoms with Crippen LogP contribution < -0.4 is 0 Å². The molecule has 1 amide bonds. The summed E-state index contributed by atoms with van der Waals surface area (Å²) >= 11 is 0. The second-order valence-corrected chi connectivity index (χ2v) is 6.53. The van der Waals surface area contributed by atoms with Crippen LogP contribution in [0.4, 0.5) is 18.0 Å². The third kappa shape index (κ3) is 4.94. The van der Waals surface area contributed by atoms with Gasteiger partial charge < -0.3 is 14.6 Å². The number of likely N-dealkylation sites (tertiary alicyclic amines) is 1. The first kappa shape index (κ1) is 21.0. The van der Waals surface area contributed by atoms with Crippen molar-refractivity contribution in [3.8, 4) is 0 Å². The zero-order valence-corrected chi connectivity index (χ0v) is 14.6. The van der Waals surface area contributed by atoms with Crippen molar-refractivity contribution in [3.05, 3.63) is 35.1 Å². The Balaban J connectivity index is 0.00000151. The van der Waals surface area contributed by atoms with E-state index in [2.05, 4.69) is 0 Å². The number of carbonyl (C=O) groups is 2. The summed E-state index contributed by atoms with van der Waals surface area (Å²) < 4.78 is 46.3. The van der Waals surface area contributed by atoms with E-state index >= 15 is 0 Å². The van der Waals surface area contributed by atoms with Gasteiger partial charge in [0.25, 0.3) is 0 Å². The molecule has 0 bridgehead atoms. The standard InChI is InChI=1S/C16H18F3NO3.CH4O/c1-16(2,3)23-15(22)20-7-9(6-10(20)8-21)13-11(17)4-5-12(18)14(13)19;1-2/h4-5,8-10H,6-7H2,1-3H3;2H,1H3. The lowest BCUT2D eigenvalue weighted by molar-refractivity contribution is -0.111. The first-order valence-electron chi connectivity index (χ1n) is 7.67. The summed E-state index contributed by atoms with van der Waals surface area (Å²) in [4.78, 5) is 24.4. The van der Waals surface area contributed by atoms with Crippen LogP contribution in [0.15, 0.2) is 12.1 Å². The molecule has 0 saturated carbocycles. The topological polar surface area (TPSA) is 66.8 Å². The zero-order valence-electron chi connectivity index (χ0n) is 14.6. The molecule has 1 aromatic carbocycles. The van der Waals surface area contributed by atoms with Crippen LogP contribution in [0.1, 0.15) is 38.7 Å². The van der Waals surface area contributed by atoms with E-state index < -0.39 is 46.7 Å². The molecule has 2 atom stereocenters. The minimum atomic E-state index is -1.29. The third-order valence-corrected chi connectivity index (χ3v) is 3.62. The van der Waals surface area contributed by atoms with Gasteiger partial charge in [0, 0.05) is 25.1 Å². The normalized spacial score (nSPS) is 19.9. The molecule has 1 saturated heterocycles. The summed E-state index contributed by atoms with van der Waals surface area (Å²) in [6.45, 7) is 4.89. The van der Waals surface area contributed by atoms with Gasteiger partial charge in [-0.1, -0.05) is 0 Å². The van der Waals surface area contributed by atoms with Gasteiger partial charge in [-0.15, -0.1) is 0 Å². The average molecular weight is 361 g/mol. The Bertz CT molecular complexity index is 631. The third-order valence-electron chi connectivity index (χ3n) is 3.62. The molecule has 1 heterocycles. The fraction of sp³-hybridized carbons (Fsp3) is 0.529. The number of amides is 1. The van der Waals surface area contributed by atoms with Crippen molar-refractivity contribution < 1.29 is 32.6 Å². The number of rotatable bonds is 2. The molecule has 2 rings (SSSR count). The van der Waals surface area contributed by atoms with Crippen molar-refractivity contribution in [1.82, 2.24) is 4.90 Å². The molecule has 0 aliphatic carbocycles. The monoisotopic (exact) mass is 361 g/mol. The quantitative estimate of drug-likeness (QED) is 0.650. The van der Waals surface area contributed by atoms with Gasteiger partial charge in [-0.2, -0.15) is 0 Å². The smallest absolute Gasteiger partial charge is 0.410 e. The molecule has 0 spiro atoms. The van der Waals surface area contributed by atoms with Gasteiger partial charge in [-0.3, -0.25) is 4.90 Å². The molecule has 0 aromatic heterocycles. The fourth-order valence-electron chi connectivity index (χ4n) is 2.65. The van der Waals surface area contributed by atoms with E-state index in [1.165, 1.54) is 0 Å². The fourth-order valence-corrected chi connectivity index (χ4v) is 2.65. The number of halogens is 3. The summed E-state index contributed by atoms with van der Waals surface area (Å²) in [5.74, 6) is -4.16. The Labute approximate surface area is 144 Å². The Morgan fingerprint density at radius 2 is 1.80 bits per heavy atom. The van der Waals surface area contributed by atoms with Crippen LogP contribution >= 0.6 is 0 Å². The van der Waals surface area contributed by atoms with Crippen LogP contribution in [-0.4, -0.2) is 47.7 Å². The van der Waals surface area contributed by atoms with E-state index in [-0.39, 0.29) is 13.0 Å². The number of aliphatic hydroxyl groups is 1. The summed E-state index contributed by atoms with van der Waals surface area (Å²) in [5.41, 5.74) is -1.21. The van der Waals surface area contributed by atoms with Crippen LogP contribution in [0, 0.1) is 17.5 Å². The Kier molecular flexibility index (Phi) is 6.98. The van der Waals surface area contributed by atoms with Gasteiger partial charge in [0.15, 0.2) is 11.6 Å². The molecular weight excluding hydrogens is 339 g/mol. The largest absolute Gasteiger partial charge is 0.444 e. The van der Waals surface area contributed by atoms with Gasteiger partial charge in [0.05, 0.1) is 6.04 Å². The van der Waals surface area contributed by atoms with Crippen molar-refractivity contribution in [2.75, 3.05) is 13.7 Å². The molecule has 8 heteroatoms. The lowest BCUT2D eigenvalue weighted by atomic mass is 9.95. The minimum absolute atomic E-state index is 0.0139. The number of hydrogen-bond donors (Lipinski definition) is 1. The molecule has 1 aliphatic heterocycles. The molecule has 5 nitrogen and oxygen atoms in total. The summed E-state index contributed by atoms with van der Waals surface area (Å²) in [5, 5.41) is 7.00. The molecule has 25 heavy (non-hydrogen) atoms. The second kappa shape index (κ2) is 8.33. The summed E-state index contributed by atoms with van der Waals surface area (Å²) in [6, 6.07) is 0.670. The van der Waals surface area contributed by atoms with Gasteiger partial charge in [0.2, 0.25) is 0 Å². The molecule has 1 fully saturated rings. The first-order chi connectivity index (χ1) is 11.6. The highest BCUT2D eigenvalue weighted by Gasteiger charge is 2.40. The van der Waals surface area contributed by atoms with E-state index in [4.69, 9.17) is 9.84 Å². The Hall–Kier alpha value is -2.09. The SMILES string of the molecule is CC(C)(C)OC(=O)N1CC(c2c(F)ccc(F)c2F)CC1C=O.CO. The van der Waals surface area contributed by atoms with E-state index in [0.29, 0.717) is 12.4 Å². The highest BCUT2D eigenvalue weighted by molar-refractivity contribution is 5.75. The lowest BCUT2D eigenvalue weighted by Gasteiger charge is -2.26. The predicted octanol–water partition coefficient (Wildman–Crippen LogP) is 3.00. The molecule has 0 radical (unpaired) electrons. The molecular formula is C17H22F3NO4. The van der Waals surface area contributed by atoms with E-state index in [1.807, 2.05) is 0 Å². The highest BCUT2D eigenvalue weighted by Crippen LogP contribution is 2.35. The maximum absolute atomic E-state index is 13.9. The van der Waals surface area contributed by atoms with Crippen molar-refractivity contribution in [2.24, 2.45) is 0 Å². The Morgan fingerprint density at radius 1 is 1.24 bits per heavy atom. The van der Waals surface area contributed by atoms with Crippen molar-refractivity contribution in [3.63, 3.8) is 0 Å². The molecule has 1 aromatic rings. The molecule has 1 N–H and O–H groups in total. The van der Waals surface area contributed by atoms with Gasteiger partial charge >= 0.3 is 6.09 Å². The van der Waals surface area contributed by atoms with Crippen molar-refractivity contribution in [2.45, 2.75) is 44.8 Å². The van der Waals surface area contributed by atoms with Gasteiger partial charge in [-0.25, -0.2) is 18.0 Å². The maximum Gasteiger partial charge on any atom is 0.410 e. The number of aliphatic hydroxyl groups excluding tert-OH is 1. The van der Waals surface area contributed by atoms with Gasteiger partial charge in [0.1, 0.15) is 17.7 Å². The average Bonchev–Trinajstić information content (AvgIpc) is 2.96. The maximum atomic E-state index is 13.9. The highest BCUT2D eigenvalue weighted by atomic mass is 19.2. The number of aldehydes is 1. The van der Waals surface area contributed by atoms with E-state index in [1.54, 1.807) is 20.8 Å². The molecule has 1 aliphatic rings. The van der Waals surface area contributed by atoms with Crippen LogP contribution in [0.25, 0.3) is 0 Å². The predicted molar refractivity (Wildman–Crippen MR) is 84.6 cm³/mol. The van der Waals surface area contributed by atoms with Crippen molar-refractivity contribution in [1.29, 1.82) is 0 Å². The molecule has 140 valence electrons. The summed E-state index contributed by atoms with van der Waals surface area (Å²) in [6.07, 6.45) is -0.201. The lowest BCUT2D eigenvalue weighted by Crippen LogP contribution is -2.40. The number of carbonyl (C=O) groups excluding carboxylic acids is 2. The number of hydrogen-bond acceptors (Lipinski definition) is 4. The van der Waals surface area contributed by atoms with E-state index in [0.717, 1.165) is 18.1 Å². The Morgan fingerprint density at radius 3 is 2.32 bits per heavy atom. The molecule has 2 unspecified atom stereocenters. The van der Waals surface area contributed by atoms with Crippen LogP contribution in [0.5, 0.6) is 0 Å². The van der Waals surface area contributed by atoms with Gasteiger partial charge in [-0.05, 0) is 39.3 Å². The number of nitrogens with zero attached hydrogens (tertiary/aromatic N) is 1.